The van der Waals surface area contributed by atoms with Gasteiger partial charge in [0.15, 0.2) is 5.82 Å². The Kier molecular flexibility index (Phi) is 4.60. The van der Waals surface area contributed by atoms with E-state index in [4.69, 9.17) is 11.6 Å². The maximum absolute atomic E-state index is 5.95. The van der Waals surface area contributed by atoms with Gasteiger partial charge in [-0.15, -0.1) is 10.2 Å². The Balaban J connectivity index is 1.36. The van der Waals surface area contributed by atoms with Gasteiger partial charge in [0.1, 0.15) is 15.7 Å². The molecule has 1 fully saturated rings. The standard InChI is InChI=1S/C20H18ClN7S/c1-27-11-23-18(20(27)29-17-8-7-14(21)10-22-17)13-5-3-12(4-6-13)15-9-16(15)19-24-26-28(2)25-19/h3-8,10-11,15-16H,9H2,1-2H3/t15-,16+/m1/s1. The van der Waals surface area contributed by atoms with E-state index in [0.717, 1.165) is 33.6 Å². The van der Waals surface area contributed by atoms with Crippen LogP contribution in [0.25, 0.3) is 11.3 Å². The Bertz CT molecular complexity index is 1150. The van der Waals surface area contributed by atoms with E-state index in [9.17, 15) is 0 Å². The van der Waals surface area contributed by atoms with Crippen LogP contribution in [0, 0.1) is 0 Å². The summed E-state index contributed by atoms with van der Waals surface area (Å²) in [6.45, 7) is 0. The average Bonchev–Trinajstić information content (AvgIpc) is 3.28. The molecule has 0 N–H and O–H groups in total. The molecule has 3 heterocycles. The highest BCUT2D eigenvalue weighted by molar-refractivity contribution is 7.99. The Morgan fingerprint density at radius 2 is 1.86 bits per heavy atom. The number of nitrogens with zero attached hydrogens (tertiary/aromatic N) is 7. The lowest BCUT2D eigenvalue weighted by Gasteiger charge is -2.07. The van der Waals surface area contributed by atoms with Crippen LogP contribution in [0.3, 0.4) is 0 Å². The van der Waals surface area contributed by atoms with E-state index >= 15 is 0 Å². The molecule has 1 aliphatic carbocycles. The lowest BCUT2D eigenvalue weighted by atomic mass is 10.1. The van der Waals surface area contributed by atoms with Gasteiger partial charge in [0.05, 0.1) is 18.4 Å². The molecule has 0 aliphatic heterocycles. The third-order valence-corrected chi connectivity index (χ3v) is 6.39. The zero-order chi connectivity index (χ0) is 20.0. The lowest BCUT2D eigenvalue weighted by molar-refractivity contribution is 0.627. The molecule has 9 heteroatoms. The number of tetrazole rings is 1. The highest BCUT2D eigenvalue weighted by Crippen LogP contribution is 2.53. The molecule has 5 rings (SSSR count). The first kappa shape index (κ1) is 18.3. The summed E-state index contributed by atoms with van der Waals surface area (Å²) < 4.78 is 2.01. The SMILES string of the molecule is Cn1nnc([C@H]2C[C@@H]2c2ccc(-c3ncn(C)c3Sc3ccc(Cl)cn3)cc2)n1. The molecule has 3 aromatic heterocycles. The summed E-state index contributed by atoms with van der Waals surface area (Å²) >= 11 is 7.52. The van der Waals surface area contributed by atoms with Crippen molar-refractivity contribution in [1.82, 2.24) is 34.7 Å². The van der Waals surface area contributed by atoms with Crippen LogP contribution in [0.1, 0.15) is 29.6 Å². The summed E-state index contributed by atoms with van der Waals surface area (Å²) in [4.78, 5) is 10.5. The molecule has 146 valence electrons. The molecule has 0 saturated heterocycles. The molecular weight excluding hydrogens is 406 g/mol. The first-order chi connectivity index (χ1) is 14.1. The number of hydrogen-bond donors (Lipinski definition) is 0. The molecule has 1 saturated carbocycles. The minimum absolute atomic E-state index is 0.367. The second kappa shape index (κ2) is 7.27. The lowest BCUT2D eigenvalue weighted by Crippen LogP contribution is -1.93. The Morgan fingerprint density at radius 1 is 1.03 bits per heavy atom. The number of hydrogen-bond acceptors (Lipinski definition) is 6. The maximum atomic E-state index is 5.95. The van der Waals surface area contributed by atoms with Gasteiger partial charge >= 0.3 is 0 Å². The molecule has 1 aliphatic rings. The van der Waals surface area contributed by atoms with Crippen LogP contribution in [-0.4, -0.2) is 34.7 Å². The van der Waals surface area contributed by atoms with Gasteiger partial charge in [-0.3, -0.25) is 0 Å². The fraction of sp³-hybridized carbons (Fsp3) is 0.250. The third kappa shape index (κ3) is 3.65. The summed E-state index contributed by atoms with van der Waals surface area (Å²) in [5.74, 6) is 1.66. The summed E-state index contributed by atoms with van der Waals surface area (Å²) in [6, 6.07) is 12.4. The van der Waals surface area contributed by atoms with Gasteiger partial charge in [-0.25, -0.2) is 9.97 Å². The number of pyridine rings is 1. The van der Waals surface area contributed by atoms with E-state index in [1.165, 1.54) is 10.4 Å². The highest BCUT2D eigenvalue weighted by atomic mass is 35.5. The quantitative estimate of drug-likeness (QED) is 0.481. The Morgan fingerprint density at radius 3 is 2.55 bits per heavy atom. The smallest absolute Gasteiger partial charge is 0.178 e. The number of aryl methyl sites for hydroxylation is 2. The van der Waals surface area contributed by atoms with Crippen LogP contribution in [0.5, 0.6) is 0 Å². The van der Waals surface area contributed by atoms with Crippen molar-refractivity contribution < 1.29 is 0 Å². The maximum Gasteiger partial charge on any atom is 0.178 e. The van der Waals surface area contributed by atoms with E-state index < -0.39 is 0 Å². The van der Waals surface area contributed by atoms with Gasteiger partial charge in [-0.1, -0.05) is 35.9 Å². The van der Waals surface area contributed by atoms with Gasteiger partial charge in [0, 0.05) is 24.7 Å². The molecule has 0 radical (unpaired) electrons. The molecule has 0 spiro atoms. The van der Waals surface area contributed by atoms with Crippen molar-refractivity contribution >= 4 is 23.4 Å². The molecule has 1 aromatic carbocycles. The number of imidazole rings is 1. The molecule has 0 amide bonds. The number of aromatic nitrogens is 7. The highest BCUT2D eigenvalue weighted by Gasteiger charge is 2.42. The molecule has 2 atom stereocenters. The normalized spacial score (nSPS) is 18.2. The first-order valence-electron chi connectivity index (χ1n) is 9.23. The van der Waals surface area contributed by atoms with Crippen LogP contribution in [0.15, 0.2) is 59.0 Å². The van der Waals surface area contributed by atoms with Crippen molar-refractivity contribution in [3.63, 3.8) is 0 Å². The number of rotatable bonds is 5. The van der Waals surface area contributed by atoms with E-state index in [1.807, 2.05) is 30.1 Å². The van der Waals surface area contributed by atoms with E-state index in [0.29, 0.717) is 16.9 Å². The van der Waals surface area contributed by atoms with Crippen molar-refractivity contribution in [2.24, 2.45) is 14.1 Å². The van der Waals surface area contributed by atoms with E-state index in [-0.39, 0.29) is 0 Å². The largest absolute Gasteiger partial charge is 0.328 e. The number of benzene rings is 1. The summed E-state index contributed by atoms with van der Waals surface area (Å²) in [5.41, 5.74) is 3.33. The molecule has 4 aromatic rings. The van der Waals surface area contributed by atoms with Crippen molar-refractivity contribution in [3.8, 4) is 11.3 Å². The Hall–Kier alpha value is -2.71. The summed E-state index contributed by atoms with van der Waals surface area (Å²) in [6.07, 6.45) is 4.56. The minimum Gasteiger partial charge on any atom is -0.328 e. The van der Waals surface area contributed by atoms with Crippen LogP contribution < -0.4 is 0 Å². The van der Waals surface area contributed by atoms with Crippen LogP contribution in [-0.2, 0) is 14.1 Å². The second-order valence-corrected chi connectivity index (χ2v) is 8.58. The number of halogens is 1. The van der Waals surface area contributed by atoms with Gasteiger partial charge in [0.2, 0.25) is 0 Å². The topological polar surface area (TPSA) is 74.3 Å². The Labute approximate surface area is 177 Å². The molecule has 29 heavy (non-hydrogen) atoms. The van der Waals surface area contributed by atoms with Crippen LogP contribution in [0.4, 0.5) is 0 Å². The zero-order valence-electron chi connectivity index (χ0n) is 15.9. The molecule has 7 nitrogen and oxygen atoms in total. The van der Waals surface area contributed by atoms with E-state index in [2.05, 4.69) is 49.6 Å². The first-order valence-corrected chi connectivity index (χ1v) is 10.4. The molecular formula is C20H18ClN7S. The third-order valence-electron chi connectivity index (χ3n) is 5.04. The fourth-order valence-electron chi connectivity index (χ4n) is 3.44. The summed E-state index contributed by atoms with van der Waals surface area (Å²) in [7, 11) is 3.79. The predicted molar refractivity (Wildman–Crippen MR) is 111 cm³/mol. The zero-order valence-corrected chi connectivity index (χ0v) is 17.5. The van der Waals surface area contributed by atoms with Crippen molar-refractivity contribution in [3.05, 3.63) is 65.3 Å². The van der Waals surface area contributed by atoms with Gasteiger partial charge in [-0.05, 0) is 47.0 Å². The van der Waals surface area contributed by atoms with Crippen LogP contribution >= 0.6 is 23.4 Å². The summed E-state index contributed by atoms with van der Waals surface area (Å²) in [5, 5.41) is 15.0. The van der Waals surface area contributed by atoms with Gasteiger partial charge < -0.3 is 4.57 Å². The van der Waals surface area contributed by atoms with E-state index in [1.54, 1.807) is 25.0 Å². The fourth-order valence-corrected chi connectivity index (χ4v) is 4.45. The van der Waals surface area contributed by atoms with Crippen molar-refractivity contribution in [2.75, 3.05) is 0 Å². The van der Waals surface area contributed by atoms with Crippen LogP contribution in [0.2, 0.25) is 5.02 Å². The van der Waals surface area contributed by atoms with Crippen molar-refractivity contribution in [2.45, 2.75) is 28.3 Å². The molecule has 0 bridgehead atoms. The second-order valence-electron chi connectivity index (χ2n) is 7.13. The predicted octanol–water partition coefficient (Wildman–Crippen LogP) is 4.08. The van der Waals surface area contributed by atoms with Gasteiger partial charge in [-0.2, -0.15) is 4.80 Å². The molecule has 0 unspecified atom stereocenters. The van der Waals surface area contributed by atoms with Crippen molar-refractivity contribution in [1.29, 1.82) is 0 Å². The average molecular weight is 424 g/mol. The minimum atomic E-state index is 0.367. The monoisotopic (exact) mass is 423 g/mol. The van der Waals surface area contributed by atoms with Gasteiger partial charge in [0.25, 0.3) is 0 Å².